The van der Waals surface area contributed by atoms with Gasteiger partial charge in [-0.05, 0) is 43.6 Å². The van der Waals surface area contributed by atoms with Gasteiger partial charge >= 0.3 is 0 Å². The zero-order chi connectivity index (χ0) is 19.3. The maximum Gasteiger partial charge on any atom is 0.191 e. The number of benzene rings is 1. The summed E-state index contributed by atoms with van der Waals surface area (Å²) in [6, 6.07) is 6.85. The summed E-state index contributed by atoms with van der Waals surface area (Å²) in [6.45, 7) is 12.0. The smallest absolute Gasteiger partial charge is 0.191 e. The largest absolute Gasteiger partial charge is 0.486 e. The van der Waals surface area contributed by atoms with E-state index in [9.17, 15) is 0 Å². The Kier molecular flexibility index (Phi) is 8.67. The molecule has 1 aromatic carbocycles. The summed E-state index contributed by atoms with van der Waals surface area (Å²) in [4.78, 5) is 6.94. The van der Waals surface area contributed by atoms with Crippen LogP contribution in [0.5, 0.6) is 11.5 Å². The predicted octanol–water partition coefficient (Wildman–Crippen LogP) is 3.00. The lowest BCUT2D eigenvalue weighted by Crippen LogP contribution is -2.47. The van der Waals surface area contributed by atoms with E-state index in [2.05, 4.69) is 53.4 Å². The highest BCUT2D eigenvalue weighted by atomic mass is 127. The van der Waals surface area contributed by atoms with E-state index in [0.29, 0.717) is 19.3 Å². The summed E-state index contributed by atoms with van der Waals surface area (Å²) in [5, 5.41) is 7.00. The van der Waals surface area contributed by atoms with Crippen molar-refractivity contribution in [2.45, 2.75) is 45.1 Å². The molecule has 1 unspecified atom stereocenters. The highest BCUT2D eigenvalue weighted by molar-refractivity contribution is 14.0. The molecular weight excluding hydrogens is 467 g/mol. The van der Waals surface area contributed by atoms with Crippen LogP contribution in [0.15, 0.2) is 23.2 Å². The van der Waals surface area contributed by atoms with Crippen LogP contribution in [-0.4, -0.2) is 63.3 Å². The quantitative estimate of drug-likeness (QED) is 0.356. The molecule has 7 heteroatoms. The molecule has 3 rings (SSSR count). The zero-order valence-corrected chi connectivity index (χ0v) is 19.9. The lowest BCUT2D eigenvalue weighted by molar-refractivity contribution is 0.171. The summed E-state index contributed by atoms with van der Waals surface area (Å²) < 4.78 is 11.4. The Bertz CT molecular complexity index is 666. The molecule has 0 bridgehead atoms. The van der Waals surface area contributed by atoms with Crippen LogP contribution in [0.4, 0.5) is 0 Å². The van der Waals surface area contributed by atoms with E-state index in [1.54, 1.807) is 0 Å². The standard InChI is InChI=1S/C21H34N4O2.HI/c1-5-25-10-6-7-17(25)14-23-20(22-4)24-15-21(2,3)16-8-9-18-19(13-16)27-12-11-26-18;/h8-9,13,17H,5-7,10-12,14-15H2,1-4H3,(H2,22,23,24);1H. The molecule has 0 aliphatic carbocycles. The summed E-state index contributed by atoms with van der Waals surface area (Å²) in [6.07, 6.45) is 2.56. The van der Waals surface area contributed by atoms with Crippen molar-refractivity contribution < 1.29 is 9.47 Å². The third-order valence-corrected chi connectivity index (χ3v) is 5.66. The number of likely N-dealkylation sites (tertiary alicyclic amines) is 1. The second-order valence-corrected chi connectivity index (χ2v) is 7.97. The van der Waals surface area contributed by atoms with E-state index < -0.39 is 0 Å². The molecule has 28 heavy (non-hydrogen) atoms. The molecule has 0 radical (unpaired) electrons. The Hall–Kier alpha value is -1.22. The Morgan fingerprint density at radius 3 is 2.68 bits per heavy atom. The van der Waals surface area contributed by atoms with Gasteiger partial charge in [-0.1, -0.05) is 26.8 Å². The molecule has 2 aliphatic heterocycles. The van der Waals surface area contributed by atoms with Crippen molar-refractivity contribution in [1.82, 2.24) is 15.5 Å². The topological polar surface area (TPSA) is 58.1 Å². The fourth-order valence-corrected chi connectivity index (χ4v) is 3.85. The monoisotopic (exact) mass is 502 g/mol. The lowest BCUT2D eigenvalue weighted by atomic mass is 9.84. The van der Waals surface area contributed by atoms with Crippen molar-refractivity contribution in [3.63, 3.8) is 0 Å². The van der Waals surface area contributed by atoms with Crippen molar-refractivity contribution in [1.29, 1.82) is 0 Å². The number of rotatable bonds is 6. The number of likely N-dealkylation sites (N-methyl/N-ethyl adjacent to an activating group) is 1. The van der Waals surface area contributed by atoms with Gasteiger partial charge in [-0.25, -0.2) is 0 Å². The van der Waals surface area contributed by atoms with E-state index in [1.165, 1.54) is 24.9 Å². The molecule has 2 N–H and O–H groups in total. The molecule has 2 aliphatic rings. The minimum atomic E-state index is -0.0593. The van der Waals surface area contributed by atoms with Crippen LogP contribution < -0.4 is 20.1 Å². The molecule has 1 saturated heterocycles. The van der Waals surface area contributed by atoms with Crippen LogP contribution >= 0.6 is 24.0 Å². The minimum absolute atomic E-state index is 0. The van der Waals surface area contributed by atoms with Crippen molar-refractivity contribution in [3.8, 4) is 11.5 Å². The summed E-state index contributed by atoms with van der Waals surface area (Å²) >= 11 is 0. The van der Waals surface area contributed by atoms with Crippen molar-refractivity contribution >= 4 is 29.9 Å². The molecule has 158 valence electrons. The minimum Gasteiger partial charge on any atom is -0.486 e. The summed E-state index contributed by atoms with van der Waals surface area (Å²) in [5.41, 5.74) is 1.17. The normalized spacial score (nSPS) is 19.9. The van der Waals surface area contributed by atoms with Gasteiger partial charge in [-0.2, -0.15) is 0 Å². The molecule has 0 saturated carbocycles. The first-order valence-corrected chi connectivity index (χ1v) is 10.1. The van der Waals surface area contributed by atoms with Crippen LogP contribution in [0.1, 0.15) is 39.2 Å². The van der Waals surface area contributed by atoms with Gasteiger partial charge in [0.25, 0.3) is 0 Å². The predicted molar refractivity (Wildman–Crippen MR) is 126 cm³/mol. The van der Waals surface area contributed by atoms with Crippen LogP contribution in [0.3, 0.4) is 0 Å². The highest BCUT2D eigenvalue weighted by Gasteiger charge is 2.25. The number of aliphatic imine (C=N–C) groups is 1. The number of guanidine groups is 1. The fourth-order valence-electron chi connectivity index (χ4n) is 3.85. The number of hydrogen-bond donors (Lipinski definition) is 2. The average Bonchev–Trinajstić information content (AvgIpc) is 3.15. The number of halogens is 1. The number of nitrogens with zero attached hydrogens (tertiary/aromatic N) is 2. The van der Waals surface area contributed by atoms with Gasteiger partial charge < -0.3 is 20.1 Å². The maximum absolute atomic E-state index is 5.74. The van der Waals surface area contributed by atoms with Gasteiger partial charge in [0.15, 0.2) is 17.5 Å². The molecule has 0 amide bonds. The van der Waals surface area contributed by atoms with Gasteiger partial charge in [-0.3, -0.25) is 9.89 Å². The SMILES string of the molecule is CCN1CCCC1CNC(=NC)NCC(C)(C)c1ccc2c(c1)OCCO2.I. The molecule has 1 aromatic rings. The van der Waals surface area contributed by atoms with Crippen molar-refractivity contribution in [3.05, 3.63) is 23.8 Å². The molecule has 2 heterocycles. The van der Waals surface area contributed by atoms with Gasteiger partial charge in [0.05, 0.1) is 0 Å². The van der Waals surface area contributed by atoms with E-state index >= 15 is 0 Å². The van der Waals surface area contributed by atoms with Crippen LogP contribution in [0.25, 0.3) is 0 Å². The Morgan fingerprint density at radius 1 is 1.21 bits per heavy atom. The lowest BCUT2D eigenvalue weighted by Gasteiger charge is -2.29. The molecule has 1 fully saturated rings. The number of hydrogen-bond acceptors (Lipinski definition) is 4. The average molecular weight is 502 g/mol. The molecular formula is C21H35IN4O2. The molecule has 0 aromatic heterocycles. The molecule has 6 nitrogen and oxygen atoms in total. The second-order valence-electron chi connectivity index (χ2n) is 7.97. The highest BCUT2D eigenvalue weighted by Crippen LogP contribution is 2.34. The van der Waals surface area contributed by atoms with Gasteiger partial charge in [0.2, 0.25) is 0 Å². The number of fused-ring (bicyclic) bond motifs is 1. The maximum atomic E-state index is 5.74. The Balaban J connectivity index is 0.00000280. The third kappa shape index (κ3) is 5.65. The van der Waals surface area contributed by atoms with Gasteiger partial charge in [-0.15, -0.1) is 24.0 Å². The van der Waals surface area contributed by atoms with Gasteiger partial charge in [0.1, 0.15) is 13.2 Å². The molecule has 0 spiro atoms. The third-order valence-electron chi connectivity index (χ3n) is 5.66. The van der Waals surface area contributed by atoms with E-state index in [4.69, 9.17) is 9.47 Å². The first-order valence-electron chi connectivity index (χ1n) is 10.1. The van der Waals surface area contributed by atoms with Crippen molar-refractivity contribution in [2.75, 3.05) is 46.4 Å². The van der Waals surface area contributed by atoms with Crippen LogP contribution in [-0.2, 0) is 5.41 Å². The number of nitrogens with one attached hydrogen (secondary N) is 2. The van der Waals surface area contributed by atoms with E-state index in [0.717, 1.165) is 37.1 Å². The number of ether oxygens (including phenoxy) is 2. The first-order chi connectivity index (χ1) is 13.0. The molecule has 1 atom stereocenters. The van der Waals surface area contributed by atoms with E-state index in [1.807, 2.05) is 13.1 Å². The van der Waals surface area contributed by atoms with Crippen LogP contribution in [0.2, 0.25) is 0 Å². The zero-order valence-electron chi connectivity index (χ0n) is 17.6. The second kappa shape index (κ2) is 10.5. The first kappa shape index (κ1) is 23.1. The Morgan fingerprint density at radius 2 is 1.96 bits per heavy atom. The summed E-state index contributed by atoms with van der Waals surface area (Å²) in [5.74, 6) is 2.54. The van der Waals surface area contributed by atoms with E-state index in [-0.39, 0.29) is 29.4 Å². The van der Waals surface area contributed by atoms with Crippen molar-refractivity contribution in [2.24, 2.45) is 4.99 Å². The van der Waals surface area contributed by atoms with Crippen LogP contribution in [0, 0.1) is 0 Å². The summed E-state index contributed by atoms with van der Waals surface area (Å²) in [7, 11) is 1.83. The Labute approximate surface area is 186 Å². The fraction of sp³-hybridized carbons (Fsp3) is 0.667. The van der Waals surface area contributed by atoms with Gasteiger partial charge in [0, 0.05) is 31.6 Å².